The zero-order chi connectivity index (χ0) is 15.7. The van der Waals surface area contributed by atoms with E-state index in [0.717, 1.165) is 0 Å². The molecule has 1 aliphatic heterocycles. The van der Waals surface area contributed by atoms with Gasteiger partial charge in [0.2, 0.25) is 5.78 Å². The largest absolute Gasteiger partial charge is 0.497 e. The Hall–Kier alpha value is -3.15. The smallest absolute Gasteiger partial charge is 0.269 e. The number of nitrogens with zero attached hydrogens (tertiary/aromatic N) is 1. The van der Waals surface area contributed by atoms with Crippen LogP contribution in [0.4, 0.5) is 5.69 Å². The first kappa shape index (κ1) is 13.8. The monoisotopic (exact) mass is 297 g/mol. The van der Waals surface area contributed by atoms with E-state index in [1.807, 2.05) is 0 Å². The molecule has 0 bridgehead atoms. The molecule has 3 rings (SSSR count). The van der Waals surface area contributed by atoms with E-state index in [1.54, 1.807) is 36.4 Å². The molecule has 0 aromatic heterocycles. The number of ketones is 1. The predicted molar refractivity (Wildman–Crippen MR) is 79.0 cm³/mol. The summed E-state index contributed by atoms with van der Waals surface area (Å²) in [6, 6.07) is 10.9. The van der Waals surface area contributed by atoms with Gasteiger partial charge in [-0.15, -0.1) is 0 Å². The maximum absolute atomic E-state index is 12.2. The van der Waals surface area contributed by atoms with E-state index >= 15 is 0 Å². The molecule has 0 fully saturated rings. The summed E-state index contributed by atoms with van der Waals surface area (Å²) in [5, 5.41) is 10.6. The third-order valence-corrected chi connectivity index (χ3v) is 3.28. The number of carbonyl (C=O) groups excluding carboxylic acids is 1. The molecule has 0 aliphatic carbocycles. The van der Waals surface area contributed by atoms with E-state index in [9.17, 15) is 14.9 Å². The number of nitro groups is 1. The Kier molecular flexibility index (Phi) is 3.34. The Bertz CT molecular complexity index is 793. The minimum atomic E-state index is -0.476. The first-order valence-electron chi connectivity index (χ1n) is 6.45. The molecule has 0 radical (unpaired) electrons. The molecule has 110 valence electrons. The number of fused-ring (bicyclic) bond motifs is 1. The SMILES string of the molecule is COc1ccc2c(c1)O/C(=C\c1ccc([N+](=O)[O-])cc1)C2=O. The number of rotatable bonds is 3. The van der Waals surface area contributed by atoms with Gasteiger partial charge in [0, 0.05) is 18.2 Å². The summed E-state index contributed by atoms with van der Waals surface area (Å²) in [6.45, 7) is 0. The lowest BCUT2D eigenvalue weighted by atomic mass is 10.1. The standard InChI is InChI=1S/C16H11NO5/c1-21-12-6-7-13-14(9-12)22-15(16(13)18)8-10-2-4-11(5-3-10)17(19)20/h2-9H,1H3/b15-8-. The number of nitro benzene ring substituents is 1. The molecule has 0 unspecified atom stereocenters. The van der Waals surface area contributed by atoms with Crippen molar-refractivity contribution in [2.45, 2.75) is 0 Å². The summed E-state index contributed by atoms with van der Waals surface area (Å²) in [5.74, 6) is 0.994. The van der Waals surface area contributed by atoms with Crippen LogP contribution in [0.15, 0.2) is 48.2 Å². The number of methoxy groups -OCH3 is 1. The molecule has 1 heterocycles. The lowest BCUT2D eigenvalue weighted by Gasteiger charge is -2.01. The fraction of sp³-hybridized carbons (Fsp3) is 0.0625. The normalized spacial score (nSPS) is 14.6. The highest BCUT2D eigenvalue weighted by molar-refractivity contribution is 6.14. The van der Waals surface area contributed by atoms with Gasteiger partial charge in [0.15, 0.2) is 5.76 Å². The summed E-state index contributed by atoms with van der Waals surface area (Å²) in [7, 11) is 1.53. The summed E-state index contributed by atoms with van der Waals surface area (Å²) >= 11 is 0. The summed E-state index contributed by atoms with van der Waals surface area (Å²) in [6.07, 6.45) is 1.55. The highest BCUT2D eigenvalue weighted by Gasteiger charge is 2.27. The second-order valence-corrected chi connectivity index (χ2v) is 4.65. The molecule has 6 nitrogen and oxygen atoms in total. The number of carbonyl (C=O) groups is 1. The average Bonchev–Trinajstić information content (AvgIpc) is 2.83. The van der Waals surface area contributed by atoms with E-state index in [2.05, 4.69) is 0 Å². The highest BCUT2D eigenvalue weighted by atomic mass is 16.6. The van der Waals surface area contributed by atoms with Crippen LogP contribution >= 0.6 is 0 Å². The predicted octanol–water partition coefficient (Wildman–Crippen LogP) is 3.22. The van der Waals surface area contributed by atoms with E-state index in [4.69, 9.17) is 9.47 Å². The minimum absolute atomic E-state index is 0.00570. The second kappa shape index (κ2) is 5.33. The van der Waals surface area contributed by atoms with Crippen LogP contribution in [-0.4, -0.2) is 17.8 Å². The fourth-order valence-corrected chi connectivity index (χ4v) is 2.14. The van der Waals surface area contributed by atoms with Crippen molar-refractivity contribution in [2.24, 2.45) is 0 Å². The molecular weight excluding hydrogens is 286 g/mol. The Balaban J connectivity index is 1.90. The molecule has 0 saturated heterocycles. The van der Waals surface area contributed by atoms with Crippen molar-refractivity contribution in [3.8, 4) is 11.5 Å². The summed E-state index contributed by atoms with van der Waals surface area (Å²) in [4.78, 5) is 22.4. The van der Waals surface area contributed by atoms with Crippen LogP contribution in [0.2, 0.25) is 0 Å². The van der Waals surface area contributed by atoms with Crippen molar-refractivity contribution in [1.82, 2.24) is 0 Å². The zero-order valence-electron chi connectivity index (χ0n) is 11.6. The Morgan fingerprint density at radius 1 is 1.18 bits per heavy atom. The van der Waals surface area contributed by atoms with Crippen LogP contribution in [0, 0.1) is 10.1 Å². The van der Waals surface area contributed by atoms with E-state index < -0.39 is 4.92 Å². The van der Waals surface area contributed by atoms with Gasteiger partial charge in [0.1, 0.15) is 11.5 Å². The van der Waals surface area contributed by atoms with Crippen molar-refractivity contribution in [3.05, 3.63) is 69.5 Å². The maximum atomic E-state index is 12.2. The first-order valence-corrected chi connectivity index (χ1v) is 6.45. The Morgan fingerprint density at radius 3 is 2.55 bits per heavy atom. The number of allylic oxidation sites excluding steroid dienone is 1. The highest BCUT2D eigenvalue weighted by Crippen LogP contribution is 2.34. The fourth-order valence-electron chi connectivity index (χ4n) is 2.14. The summed E-state index contributed by atoms with van der Waals surface area (Å²) < 4.78 is 10.6. The van der Waals surface area contributed by atoms with Gasteiger partial charge in [0.05, 0.1) is 17.6 Å². The van der Waals surface area contributed by atoms with E-state index in [-0.39, 0.29) is 17.2 Å². The molecule has 2 aromatic carbocycles. The van der Waals surface area contributed by atoms with Gasteiger partial charge in [-0.25, -0.2) is 0 Å². The van der Waals surface area contributed by atoms with Crippen LogP contribution in [0.5, 0.6) is 11.5 Å². The number of hydrogen-bond donors (Lipinski definition) is 0. The van der Waals surface area contributed by atoms with Crippen molar-refractivity contribution in [1.29, 1.82) is 0 Å². The number of Topliss-reactive ketones (excluding diaryl/α,β-unsaturated/α-hetero) is 1. The number of non-ortho nitro benzene ring substituents is 1. The zero-order valence-corrected chi connectivity index (χ0v) is 11.6. The van der Waals surface area contributed by atoms with Gasteiger partial charge < -0.3 is 9.47 Å². The minimum Gasteiger partial charge on any atom is -0.497 e. The topological polar surface area (TPSA) is 78.7 Å². The quantitative estimate of drug-likeness (QED) is 0.494. The molecular formula is C16H11NO5. The molecule has 6 heteroatoms. The molecule has 0 saturated carbocycles. The van der Waals surface area contributed by atoms with Gasteiger partial charge in [-0.2, -0.15) is 0 Å². The molecule has 0 atom stereocenters. The average molecular weight is 297 g/mol. The van der Waals surface area contributed by atoms with Gasteiger partial charge in [-0.3, -0.25) is 14.9 Å². The van der Waals surface area contributed by atoms with Crippen molar-refractivity contribution >= 4 is 17.5 Å². The number of benzene rings is 2. The molecule has 1 aliphatic rings. The molecule has 22 heavy (non-hydrogen) atoms. The Labute approximate surface area is 125 Å². The van der Waals surface area contributed by atoms with Crippen LogP contribution in [0.3, 0.4) is 0 Å². The van der Waals surface area contributed by atoms with Crippen molar-refractivity contribution < 1.29 is 19.2 Å². The number of hydrogen-bond acceptors (Lipinski definition) is 5. The summed E-state index contributed by atoms with van der Waals surface area (Å²) in [5.41, 5.74) is 1.11. The van der Waals surface area contributed by atoms with Crippen LogP contribution in [-0.2, 0) is 0 Å². The van der Waals surface area contributed by atoms with Crippen molar-refractivity contribution in [2.75, 3.05) is 7.11 Å². The van der Waals surface area contributed by atoms with Crippen LogP contribution in [0.1, 0.15) is 15.9 Å². The first-order chi connectivity index (χ1) is 10.6. The lowest BCUT2D eigenvalue weighted by Crippen LogP contribution is -1.98. The van der Waals surface area contributed by atoms with Crippen LogP contribution < -0.4 is 9.47 Å². The molecule has 2 aromatic rings. The van der Waals surface area contributed by atoms with E-state index in [1.165, 1.54) is 19.2 Å². The molecule has 0 spiro atoms. The second-order valence-electron chi connectivity index (χ2n) is 4.65. The van der Waals surface area contributed by atoms with Gasteiger partial charge in [-0.05, 0) is 35.9 Å². The Morgan fingerprint density at radius 2 is 1.91 bits per heavy atom. The maximum Gasteiger partial charge on any atom is 0.269 e. The van der Waals surface area contributed by atoms with Gasteiger partial charge in [-0.1, -0.05) is 0 Å². The number of ether oxygens (including phenoxy) is 2. The molecule has 0 N–H and O–H groups in total. The third kappa shape index (κ3) is 2.42. The third-order valence-electron chi connectivity index (χ3n) is 3.28. The van der Waals surface area contributed by atoms with Gasteiger partial charge >= 0.3 is 0 Å². The van der Waals surface area contributed by atoms with Gasteiger partial charge in [0.25, 0.3) is 5.69 Å². The molecule has 0 amide bonds. The van der Waals surface area contributed by atoms with E-state index in [0.29, 0.717) is 22.6 Å². The van der Waals surface area contributed by atoms with Crippen LogP contribution in [0.25, 0.3) is 6.08 Å². The van der Waals surface area contributed by atoms with Crippen molar-refractivity contribution in [3.63, 3.8) is 0 Å². The lowest BCUT2D eigenvalue weighted by molar-refractivity contribution is -0.384.